The summed E-state index contributed by atoms with van der Waals surface area (Å²) in [7, 11) is 0. The Morgan fingerprint density at radius 2 is 1.07 bits per heavy atom. The number of rotatable bonds is 8. The van der Waals surface area contributed by atoms with Crippen LogP contribution in [-0.4, -0.2) is 11.9 Å². The van der Waals surface area contributed by atoms with E-state index in [1.54, 1.807) is 38.1 Å². The average Bonchev–Trinajstić information content (AvgIpc) is 2.62. The van der Waals surface area contributed by atoms with E-state index < -0.39 is 24.1 Å². The number of carbonyl (C=O) groups excluding carboxylic acids is 2. The third-order valence-corrected chi connectivity index (χ3v) is 4.06. The van der Waals surface area contributed by atoms with Gasteiger partial charge in [-0.1, -0.05) is 24.3 Å². The minimum Gasteiger partial charge on any atom is -0.458 e. The number of hydrogen-bond donors (Lipinski definition) is 0. The molecule has 0 N–H and O–H groups in total. The van der Waals surface area contributed by atoms with Gasteiger partial charge in [-0.3, -0.25) is 9.59 Å². The van der Waals surface area contributed by atoms with Crippen LogP contribution in [0.25, 0.3) is 0 Å². The first-order valence-corrected chi connectivity index (χ1v) is 8.75. The molecule has 0 bridgehead atoms. The Kier molecular flexibility index (Phi) is 7.46. The summed E-state index contributed by atoms with van der Waals surface area (Å²) in [5.41, 5.74) is 1.38. The van der Waals surface area contributed by atoms with Gasteiger partial charge in [0.15, 0.2) is 0 Å². The number of benzene rings is 2. The molecule has 0 aliphatic carbocycles. The van der Waals surface area contributed by atoms with Crippen LogP contribution in [0.4, 0.5) is 8.78 Å². The zero-order valence-corrected chi connectivity index (χ0v) is 15.3. The van der Waals surface area contributed by atoms with E-state index in [1.165, 1.54) is 24.3 Å². The Morgan fingerprint density at radius 3 is 1.41 bits per heavy atom. The molecule has 0 aliphatic heterocycles. The van der Waals surface area contributed by atoms with Crippen molar-refractivity contribution in [3.8, 4) is 0 Å². The van der Waals surface area contributed by atoms with E-state index in [-0.39, 0.29) is 24.5 Å². The van der Waals surface area contributed by atoms with Gasteiger partial charge in [-0.25, -0.2) is 8.78 Å². The molecular formula is C21H22F2O4. The van der Waals surface area contributed by atoms with Crippen LogP contribution in [-0.2, 0) is 19.1 Å². The zero-order valence-electron chi connectivity index (χ0n) is 15.3. The second kappa shape index (κ2) is 9.80. The molecule has 0 aromatic heterocycles. The highest BCUT2D eigenvalue weighted by Gasteiger charge is 2.15. The predicted octanol–water partition coefficient (Wildman–Crippen LogP) is 5.04. The third-order valence-electron chi connectivity index (χ3n) is 4.06. The van der Waals surface area contributed by atoms with Crippen LogP contribution in [0, 0.1) is 11.6 Å². The predicted molar refractivity (Wildman–Crippen MR) is 95.7 cm³/mol. The van der Waals surface area contributed by atoms with Crippen LogP contribution in [0.2, 0.25) is 0 Å². The Balaban J connectivity index is 1.70. The Bertz CT molecular complexity index is 691. The first kappa shape index (κ1) is 20.6. The molecule has 0 amide bonds. The van der Waals surface area contributed by atoms with Gasteiger partial charge >= 0.3 is 11.9 Å². The van der Waals surface area contributed by atoms with Gasteiger partial charge in [0.2, 0.25) is 0 Å². The molecule has 2 atom stereocenters. The lowest BCUT2D eigenvalue weighted by atomic mass is 10.1. The molecular weight excluding hydrogens is 354 g/mol. The van der Waals surface area contributed by atoms with Crippen molar-refractivity contribution in [1.82, 2.24) is 0 Å². The minimum atomic E-state index is -0.497. The van der Waals surface area contributed by atoms with E-state index in [2.05, 4.69) is 0 Å². The van der Waals surface area contributed by atoms with Crippen LogP contribution in [0.3, 0.4) is 0 Å². The molecule has 0 fully saturated rings. The summed E-state index contributed by atoms with van der Waals surface area (Å²) in [6, 6.07) is 11.4. The molecule has 2 unspecified atom stereocenters. The van der Waals surface area contributed by atoms with Crippen molar-refractivity contribution in [1.29, 1.82) is 0 Å². The van der Waals surface area contributed by atoms with Gasteiger partial charge in [-0.2, -0.15) is 0 Å². The van der Waals surface area contributed by atoms with Crippen molar-refractivity contribution in [3.63, 3.8) is 0 Å². The van der Waals surface area contributed by atoms with Gasteiger partial charge in [0.05, 0.1) is 0 Å². The van der Waals surface area contributed by atoms with Gasteiger partial charge in [0.25, 0.3) is 0 Å². The maximum atomic E-state index is 12.9. The second-order valence-corrected chi connectivity index (χ2v) is 6.22. The number of hydrogen-bond acceptors (Lipinski definition) is 4. The largest absolute Gasteiger partial charge is 0.458 e. The maximum Gasteiger partial charge on any atom is 0.306 e. The highest BCUT2D eigenvalue weighted by atomic mass is 19.1. The van der Waals surface area contributed by atoms with E-state index in [9.17, 15) is 18.4 Å². The van der Waals surface area contributed by atoms with Crippen molar-refractivity contribution in [3.05, 3.63) is 71.3 Å². The van der Waals surface area contributed by atoms with Crippen molar-refractivity contribution >= 4 is 11.9 Å². The summed E-state index contributed by atoms with van der Waals surface area (Å²) in [5, 5.41) is 0. The lowest BCUT2D eigenvalue weighted by molar-refractivity contribution is -0.150. The topological polar surface area (TPSA) is 52.6 Å². The van der Waals surface area contributed by atoms with Crippen molar-refractivity contribution in [2.75, 3.05) is 0 Å². The fourth-order valence-corrected chi connectivity index (χ4v) is 2.49. The number of esters is 2. The van der Waals surface area contributed by atoms with Crippen molar-refractivity contribution < 1.29 is 27.8 Å². The summed E-state index contributed by atoms with van der Waals surface area (Å²) in [5.74, 6) is -1.59. The van der Waals surface area contributed by atoms with E-state index in [1.807, 2.05) is 0 Å². The van der Waals surface area contributed by atoms with Crippen LogP contribution in [0.1, 0.15) is 56.4 Å². The normalized spacial score (nSPS) is 12.9. The minimum absolute atomic E-state index is 0.0750. The molecule has 2 aromatic rings. The Labute approximate surface area is 157 Å². The summed E-state index contributed by atoms with van der Waals surface area (Å²) >= 11 is 0. The van der Waals surface area contributed by atoms with E-state index in [0.29, 0.717) is 17.5 Å². The molecule has 0 aliphatic rings. The van der Waals surface area contributed by atoms with Crippen molar-refractivity contribution in [2.45, 2.75) is 45.3 Å². The summed E-state index contributed by atoms with van der Waals surface area (Å²) in [6.07, 6.45) is -0.548. The molecule has 0 spiro atoms. The highest BCUT2D eigenvalue weighted by molar-refractivity contribution is 5.72. The smallest absolute Gasteiger partial charge is 0.306 e. The summed E-state index contributed by atoms with van der Waals surface area (Å²) < 4.78 is 36.3. The number of ether oxygens (including phenoxy) is 2. The molecule has 0 saturated heterocycles. The molecule has 0 heterocycles. The van der Waals surface area contributed by atoms with Gasteiger partial charge in [-0.15, -0.1) is 0 Å². The Hall–Kier alpha value is -2.76. The third kappa shape index (κ3) is 6.81. The molecule has 144 valence electrons. The fraction of sp³-hybridized carbons (Fsp3) is 0.333. The molecule has 27 heavy (non-hydrogen) atoms. The lowest BCUT2D eigenvalue weighted by Gasteiger charge is -2.14. The van der Waals surface area contributed by atoms with E-state index >= 15 is 0 Å². The quantitative estimate of drug-likeness (QED) is 0.606. The average molecular weight is 376 g/mol. The first-order valence-electron chi connectivity index (χ1n) is 8.75. The summed E-state index contributed by atoms with van der Waals surface area (Å²) in [6.45, 7) is 3.40. The van der Waals surface area contributed by atoms with Gasteiger partial charge < -0.3 is 9.47 Å². The van der Waals surface area contributed by atoms with Gasteiger partial charge in [0.1, 0.15) is 23.8 Å². The zero-order chi connectivity index (χ0) is 19.8. The highest BCUT2D eigenvalue weighted by Crippen LogP contribution is 2.20. The molecule has 2 rings (SSSR count). The number of halogens is 2. The SMILES string of the molecule is CC(OC(=O)CCCC(=O)OC(C)c1ccc(F)cc1)c1ccc(F)cc1. The molecule has 6 heteroatoms. The molecule has 0 radical (unpaired) electrons. The number of carbonyl (C=O) groups is 2. The van der Waals surface area contributed by atoms with E-state index in [4.69, 9.17) is 9.47 Å². The summed E-state index contributed by atoms with van der Waals surface area (Å²) in [4.78, 5) is 23.7. The lowest BCUT2D eigenvalue weighted by Crippen LogP contribution is -2.11. The first-order chi connectivity index (χ1) is 12.8. The monoisotopic (exact) mass is 376 g/mol. The second-order valence-electron chi connectivity index (χ2n) is 6.22. The van der Waals surface area contributed by atoms with Crippen LogP contribution in [0.5, 0.6) is 0 Å². The molecule has 4 nitrogen and oxygen atoms in total. The molecule has 0 saturated carbocycles. The molecule has 2 aromatic carbocycles. The standard InChI is InChI=1S/C21H22F2O4/c1-14(16-6-10-18(22)11-7-16)26-20(24)4-3-5-21(25)27-15(2)17-8-12-19(23)13-9-17/h6-15H,3-5H2,1-2H3. The van der Waals surface area contributed by atoms with E-state index in [0.717, 1.165) is 0 Å². The van der Waals surface area contributed by atoms with Crippen LogP contribution >= 0.6 is 0 Å². The fourth-order valence-electron chi connectivity index (χ4n) is 2.49. The van der Waals surface area contributed by atoms with Crippen LogP contribution in [0.15, 0.2) is 48.5 Å². The van der Waals surface area contributed by atoms with Crippen molar-refractivity contribution in [2.24, 2.45) is 0 Å². The van der Waals surface area contributed by atoms with Crippen LogP contribution < -0.4 is 0 Å². The van der Waals surface area contributed by atoms with Gasteiger partial charge in [0, 0.05) is 12.8 Å². The Morgan fingerprint density at radius 1 is 0.741 bits per heavy atom. The van der Waals surface area contributed by atoms with Gasteiger partial charge in [-0.05, 0) is 55.7 Å². The maximum absolute atomic E-state index is 12.9.